The maximum atomic E-state index is 12.6. The molecule has 0 aliphatic carbocycles. The van der Waals surface area contributed by atoms with Gasteiger partial charge < -0.3 is 15.7 Å². The van der Waals surface area contributed by atoms with Crippen LogP contribution >= 0.6 is 0 Å². The lowest BCUT2D eigenvalue weighted by Gasteiger charge is -2.33. The van der Waals surface area contributed by atoms with Crippen LogP contribution in [0.5, 0.6) is 0 Å². The molecular formula is C10H18F3N3O. The molecule has 0 bridgehead atoms. The zero-order valence-electron chi connectivity index (χ0n) is 9.50. The third-order valence-electron chi connectivity index (χ3n) is 3.18. The van der Waals surface area contributed by atoms with Crippen LogP contribution < -0.4 is 5.73 Å². The molecule has 100 valence electrons. The molecule has 1 fully saturated rings. The second kappa shape index (κ2) is 5.68. The third kappa shape index (κ3) is 4.16. The summed E-state index contributed by atoms with van der Waals surface area (Å²) in [7, 11) is 0. The molecule has 0 aromatic rings. The van der Waals surface area contributed by atoms with Crippen molar-refractivity contribution in [1.29, 1.82) is 5.41 Å². The van der Waals surface area contributed by atoms with Gasteiger partial charge in [-0.25, -0.2) is 0 Å². The molecule has 1 atom stereocenters. The lowest BCUT2D eigenvalue weighted by Crippen LogP contribution is -2.46. The van der Waals surface area contributed by atoms with Gasteiger partial charge in [-0.05, 0) is 31.8 Å². The van der Waals surface area contributed by atoms with Crippen LogP contribution in [0, 0.1) is 17.2 Å². The van der Waals surface area contributed by atoms with Crippen molar-refractivity contribution in [3.63, 3.8) is 0 Å². The lowest BCUT2D eigenvalue weighted by molar-refractivity contribution is -0.160. The fourth-order valence-corrected chi connectivity index (χ4v) is 1.99. The Hall–Kier alpha value is -0.820. The van der Waals surface area contributed by atoms with E-state index in [1.54, 1.807) is 4.90 Å². The molecule has 0 aromatic heterocycles. The number of piperidine rings is 1. The van der Waals surface area contributed by atoms with Crippen LogP contribution in [-0.2, 0) is 0 Å². The predicted molar refractivity (Wildman–Crippen MR) is 57.7 cm³/mol. The largest absolute Gasteiger partial charge is 0.399 e. The number of nitrogens with two attached hydrogens (primary N) is 1. The van der Waals surface area contributed by atoms with E-state index in [1.807, 2.05) is 0 Å². The summed E-state index contributed by atoms with van der Waals surface area (Å²) in [6, 6.07) is 0. The summed E-state index contributed by atoms with van der Waals surface area (Å²) in [5.74, 6) is -2.53. The summed E-state index contributed by atoms with van der Waals surface area (Å²) in [5.41, 5.74) is 4.99. The summed E-state index contributed by atoms with van der Waals surface area (Å²) in [6.07, 6.45) is -3.07. The molecule has 1 heterocycles. The van der Waals surface area contributed by atoms with Crippen molar-refractivity contribution in [3.05, 3.63) is 0 Å². The van der Waals surface area contributed by atoms with Crippen molar-refractivity contribution < 1.29 is 18.3 Å². The number of hydrogen-bond acceptors (Lipinski definition) is 3. The highest BCUT2D eigenvalue weighted by atomic mass is 19.4. The van der Waals surface area contributed by atoms with Crippen LogP contribution in [0.25, 0.3) is 0 Å². The van der Waals surface area contributed by atoms with Crippen LogP contribution in [0.4, 0.5) is 13.2 Å². The SMILES string of the molecule is N=C(N)C(CN1CCC(CO)CC1)C(F)(F)F. The van der Waals surface area contributed by atoms with E-state index in [0.29, 0.717) is 25.9 Å². The van der Waals surface area contributed by atoms with E-state index in [-0.39, 0.29) is 19.1 Å². The van der Waals surface area contributed by atoms with Gasteiger partial charge in [0.25, 0.3) is 0 Å². The summed E-state index contributed by atoms with van der Waals surface area (Å²) >= 11 is 0. The zero-order valence-corrected chi connectivity index (χ0v) is 9.50. The molecule has 0 saturated carbocycles. The van der Waals surface area contributed by atoms with Crippen molar-refractivity contribution in [2.24, 2.45) is 17.6 Å². The second-order valence-corrected chi connectivity index (χ2v) is 4.48. The van der Waals surface area contributed by atoms with Crippen LogP contribution in [0.15, 0.2) is 0 Å². The molecule has 17 heavy (non-hydrogen) atoms. The minimum absolute atomic E-state index is 0.0866. The molecule has 1 aliphatic heterocycles. The van der Waals surface area contributed by atoms with Gasteiger partial charge in [-0.1, -0.05) is 0 Å². The van der Waals surface area contributed by atoms with Gasteiger partial charge in [-0.3, -0.25) is 5.41 Å². The number of rotatable bonds is 4. The highest BCUT2D eigenvalue weighted by molar-refractivity contribution is 5.80. The molecule has 4 N–H and O–H groups in total. The molecule has 1 rings (SSSR count). The van der Waals surface area contributed by atoms with E-state index >= 15 is 0 Å². The topological polar surface area (TPSA) is 73.3 Å². The third-order valence-corrected chi connectivity index (χ3v) is 3.18. The average Bonchev–Trinajstić information content (AvgIpc) is 2.24. The fraction of sp³-hybridized carbons (Fsp3) is 0.900. The summed E-state index contributed by atoms with van der Waals surface area (Å²) in [5, 5.41) is 15.9. The Morgan fingerprint density at radius 2 is 1.94 bits per heavy atom. The van der Waals surface area contributed by atoms with Crippen molar-refractivity contribution >= 4 is 5.84 Å². The first kappa shape index (κ1) is 14.2. The Balaban J connectivity index is 2.50. The van der Waals surface area contributed by atoms with E-state index in [9.17, 15) is 13.2 Å². The molecule has 0 aromatic carbocycles. The van der Waals surface area contributed by atoms with Gasteiger partial charge in [0.2, 0.25) is 0 Å². The van der Waals surface area contributed by atoms with Gasteiger partial charge in [-0.2, -0.15) is 13.2 Å². The predicted octanol–water partition coefficient (Wildman–Crippen LogP) is 0.805. The maximum absolute atomic E-state index is 12.6. The van der Waals surface area contributed by atoms with Crippen LogP contribution in [0.1, 0.15) is 12.8 Å². The number of alkyl halides is 3. The van der Waals surface area contributed by atoms with Crippen molar-refractivity contribution in [1.82, 2.24) is 4.90 Å². The summed E-state index contributed by atoms with van der Waals surface area (Å²) in [4.78, 5) is 1.66. The molecule has 1 aliphatic rings. The van der Waals surface area contributed by atoms with E-state index in [0.717, 1.165) is 0 Å². The molecule has 0 radical (unpaired) electrons. The number of amidine groups is 1. The quantitative estimate of drug-likeness (QED) is 0.512. The monoisotopic (exact) mass is 253 g/mol. The maximum Gasteiger partial charge on any atom is 0.399 e. The number of nitrogens with zero attached hydrogens (tertiary/aromatic N) is 1. The van der Waals surface area contributed by atoms with Crippen molar-refractivity contribution in [2.45, 2.75) is 19.0 Å². The minimum Gasteiger partial charge on any atom is -0.396 e. The molecule has 4 nitrogen and oxygen atoms in total. The Morgan fingerprint density at radius 3 is 2.29 bits per heavy atom. The molecule has 7 heteroatoms. The minimum atomic E-state index is -4.46. The highest BCUT2D eigenvalue weighted by Gasteiger charge is 2.43. The van der Waals surface area contributed by atoms with Crippen molar-refractivity contribution in [2.75, 3.05) is 26.2 Å². The lowest BCUT2D eigenvalue weighted by atomic mass is 9.96. The number of halogens is 3. The van der Waals surface area contributed by atoms with Gasteiger partial charge in [-0.15, -0.1) is 0 Å². The molecular weight excluding hydrogens is 235 g/mol. The van der Waals surface area contributed by atoms with Crippen LogP contribution in [-0.4, -0.2) is 48.3 Å². The van der Waals surface area contributed by atoms with Gasteiger partial charge in [0.05, 0.1) is 0 Å². The molecule has 1 unspecified atom stereocenters. The Labute approximate surface area is 98.1 Å². The first-order chi connectivity index (χ1) is 7.84. The Morgan fingerprint density at radius 1 is 1.41 bits per heavy atom. The van der Waals surface area contributed by atoms with Gasteiger partial charge in [0.1, 0.15) is 11.8 Å². The number of likely N-dealkylation sites (tertiary alicyclic amines) is 1. The number of aliphatic hydroxyl groups is 1. The molecule has 0 spiro atoms. The standard InChI is InChI=1S/C10H18F3N3O/c11-10(12,13)8(9(14)15)5-16-3-1-7(6-17)2-4-16/h7-8,17H,1-6H2,(H3,14,15). The van der Waals surface area contributed by atoms with E-state index in [1.165, 1.54) is 0 Å². The van der Waals surface area contributed by atoms with Crippen LogP contribution in [0.2, 0.25) is 0 Å². The summed E-state index contributed by atoms with van der Waals surface area (Å²) < 4.78 is 37.7. The van der Waals surface area contributed by atoms with E-state index < -0.39 is 17.9 Å². The smallest absolute Gasteiger partial charge is 0.396 e. The van der Waals surface area contributed by atoms with Gasteiger partial charge in [0, 0.05) is 13.2 Å². The highest BCUT2D eigenvalue weighted by Crippen LogP contribution is 2.28. The average molecular weight is 253 g/mol. The second-order valence-electron chi connectivity index (χ2n) is 4.48. The first-order valence-electron chi connectivity index (χ1n) is 5.58. The van der Waals surface area contributed by atoms with Crippen molar-refractivity contribution in [3.8, 4) is 0 Å². The van der Waals surface area contributed by atoms with E-state index in [2.05, 4.69) is 0 Å². The molecule has 1 saturated heterocycles. The molecule has 0 amide bonds. The number of hydrogen-bond donors (Lipinski definition) is 3. The number of aliphatic hydroxyl groups excluding tert-OH is 1. The normalized spacial score (nSPS) is 21.4. The van der Waals surface area contributed by atoms with Crippen LogP contribution in [0.3, 0.4) is 0 Å². The zero-order chi connectivity index (χ0) is 13.1. The summed E-state index contributed by atoms with van der Waals surface area (Å²) in [6.45, 7) is 0.871. The van der Waals surface area contributed by atoms with Gasteiger partial charge in [0.15, 0.2) is 0 Å². The first-order valence-corrected chi connectivity index (χ1v) is 5.58. The Bertz CT molecular complexity index is 262. The van der Waals surface area contributed by atoms with Gasteiger partial charge >= 0.3 is 6.18 Å². The fourth-order valence-electron chi connectivity index (χ4n) is 1.99. The Kier molecular flexibility index (Phi) is 4.76. The van der Waals surface area contributed by atoms with E-state index in [4.69, 9.17) is 16.2 Å². The number of nitrogens with one attached hydrogen (secondary N) is 1.